The first-order valence-electron chi connectivity index (χ1n) is 4.77. The summed E-state index contributed by atoms with van der Waals surface area (Å²) < 4.78 is 0. The van der Waals surface area contributed by atoms with Crippen LogP contribution in [0.3, 0.4) is 0 Å². The Balaban J connectivity index is 0.000000980. The summed E-state index contributed by atoms with van der Waals surface area (Å²) in [6, 6.07) is 8.66. The van der Waals surface area contributed by atoms with Crippen molar-refractivity contribution >= 4 is 14.1 Å². The number of hydrogen-bond acceptors (Lipinski definition) is 0. The number of rotatable bonds is 1. The van der Waals surface area contributed by atoms with Crippen LogP contribution in [-0.4, -0.2) is 8.07 Å². The fraction of sp³-hybridized carbons (Fsp3) is 0.333. The molecule has 1 aromatic rings. The van der Waals surface area contributed by atoms with Crippen LogP contribution in [0, 0.1) is 6.08 Å². The molecule has 2 rings (SSSR count). The molecule has 0 saturated heterocycles. The molecule has 0 radical (unpaired) electrons. The first kappa shape index (κ1) is 12.0. The molecule has 72 valence electrons. The van der Waals surface area contributed by atoms with Crippen LogP contribution in [0.15, 0.2) is 24.3 Å². The third-order valence-electron chi connectivity index (χ3n) is 2.58. The number of allylic oxidation sites excluding steroid dienone is 1. The van der Waals surface area contributed by atoms with E-state index in [0.717, 1.165) is 0 Å². The summed E-state index contributed by atoms with van der Waals surface area (Å²) in [5, 5.41) is 0. The Bertz CT molecular complexity index is 350. The van der Waals surface area contributed by atoms with Gasteiger partial charge in [0.15, 0.2) is 0 Å². The van der Waals surface area contributed by atoms with Crippen LogP contribution in [0.2, 0.25) is 19.6 Å². The smallest absolute Gasteiger partial charge is 0.0364 e. The van der Waals surface area contributed by atoms with E-state index in [2.05, 4.69) is 56.1 Å². The summed E-state index contributed by atoms with van der Waals surface area (Å²) in [5.74, 6) is 0. The Hall–Kier alpha value is -0.109. The zero-order valence-electron chi connectivity index (χ0n) is 8.96. The molecular weight excluding hydrogens is 220 g/mol. The minimum Gasteiger partial charge on any atom is -0.271 e. The molecule has 0 fully saturated rings. The van der Waals surface area contributed by atoms with Crippen molar-refractivity contribution in [2.24, 2.45) is 0 Å². The van der Waals surface area contributed by atoms with Crippen LogP contribution in [0.25, 0.3) is 6.08 Å². The summed E-state index contributed by atoms with van der Waals surface area (Å²) in [5.41, 5.74) is 3.46. The molecule has 0 aromatic heterocycles. The summed E-state index contributed by atoms with van der Waals surface area (Å²) in [6.45, 7) is 7.21. The maximum absolute atomic E-state index is 3.50. The Kier molecular flexibility index (Phi) is 3.57. The Morgan fingerprint density at radius 2 is 1.79 bits per heavy atom. The minimum absolute atomic E-state index is 0. The molecular formula is C12H15SiTi-. The molecule has 0 saturated carbocycles. The first-order chi connectivity index (χ1) is 6.09. The second kappa shape index (κ2) is 4.18. The first-order valence-corrected chi connectivity index (χ1v) is 8.35. The van der Waals surface area contributed by atoms with Crippen LogP contribution in [0.4, 0.5) is 0 Å². The largest absolute Gasteiger partial charge is 0.271 e. The molecule has 1 unspecified atom stereocenters. The van der Waals surface area contributed by atoms with E-state index in [9.17, 15) is 0 Å². The van der Waals surface area contributed by atoms with Gasteiger partial charge in [-0.15, -0.1) is 11.6 Å². The van der Waals surface area contributed by atoms with Crippen molar-refractivity contribution in [3.05, 3.63) is 41.5 Å². The Morgan fingerprint density at radius 1 is 1.14 bits per heavy atom. The molecule has 1 aromatic carbocycles. The molecule has 1 aliphatic carbocycles. The van der Waals surface area contributed by atoms with Gasteiger partial charge in [-0.05, 0) is 0 Å². The zero-order chi connectivity index (χ0) is 9.47. The van der Waals surface area contributed by atoms with Gasteiger partial charge in [0.2, 0.25) is 0 Å². The van der Waals surface area contributed by atoms with Gasteiger partial charge in [0.25, 0.3) is 0 Å². The van der Waals surface area contributed by atoms with Gasteiger partial charge in [-0.25, -0.2) is 6.08 Å². The predicted molar refractivity (Wildman–Crippen MR) is 60.2 cm³/mol. The van der Waals surface area contributed by atoms with Gasteiger partial charge in [-0.3, -0.25) is 6.08 Å². The van der Waals surface area contributed by atoms with E-state index in [1.54, 1.807) is 0 Å². The van der Waals surface area contributed by atoms with Crippen LogP contribution in [0.5, 0.6) is 0 Å². The molecule has 0 amide bonds. The Labute approximate surface area is 102 Å². The van der Waals surface area contributed by atoms with E-state index in [4.69, 9.17) is 0 Å². The van der Waals surface area contributed by atoms with E-state index in [1.165, 1.54) is 11.1 Å². The van der Waals surface area contributed by atoms with Crippen LogP contribution in [0.1, 0.15) is 16.7 Å². The third-order valence-corrected chi connectivity index (χ3v) is 4.79. The molecule has 2 heteroatoms. The van der Waals surface area contributed by atoms with Gasteiger partial charge in [-0.2, -0.15) is 5.56 Å². The predicted octanol–water partition coefficient (Wildman–Crippen LogP) is 3.48. The molecule has 0 aliphatic heterocycles. The topological polar surface area (TPSA) is 0 Å². The SMILES string of the molecule is C[Si](C)(C)C1[C-]=Cc2ccccc21.[Ti]. The average Bonchev–Trinajstić information content (AvgIpc) is 2.45. The summed E-state index contributed by atoms with van der Waals surface area (Å²) in [4.78, 5) is 0. The molecule has 0 heterocycles. The fourth-order valence-electron chi connectivity index (χ4n) is 1.88. The molecule has 14 heavy (non-hydrogen) atoms. The summed E-state index contributed by atoms with van der Waals surface area (Å²) in [7, 11) is -1.12. The second-order valence-corrected chi connectivity index (χ2v) is 10.0. The van der Waals surface area contributed by atoms with Gasteiger partial charge in [0, 0.05) is 29.8 Å². The average molecular weight is 235 g/mol. The van der Waals surface area contributed by atoms with Gasteiger partial charge >= 0.3 is 0 Å². The van der Waals surface area contributed by atoms with Crippen molar-refractivity contribution in [1.82, 2.24) is 0 Å². The minimum atomic E-state index is -1.12. The summed E-state index contributed by atoms with van der Waals surface area (Å²) >= 11 is 0. The van der Waals surface area contributed by atoms with Crippen LogP contribution >= 0.6 is 0 Å². The maximum Gasteiger partial charge on any atom is 0.0364 e. The molecule has 0 N–H and O–H groups in total. The standard InChI is InChI=1S/C12H15Si.Ti/c1-13(2,3)12-9-8-10-6-4-5-7-11(10)12;/h4-8,12H,1-3H3;/q-1;. The number of benzene rings is 1. The number of fused-ring (bicyclic) bond motifs is 1. The van der Waals surface area contributed by atoms with Crippen molar-refractivity contribution in [1.29, 1.82) is 0 Å². The quantitative estimate of drug-likeness (QED) is 0.516. The van der Waals surface area contributed by atoms with Gasteiger partial charge in [0.05, 0.1) is 0 Å². The number of hydrogen-bond donors (Lipinski definition) is 0. The normalized spacial score (nSPS) is 18.9. The van der Waals surface area contributed by atoms with Crippen molar-refractivity contribution in [2.75, 3.05) is 0 Å². The Morgan fingerprint density at radius 3 is 2.43 bits per heavy atom. The summed E-state index contributed by atoms with van der Waals surface area (Å²) in [6.07, 6.45) is 5.65. The van der Waals surface area contributed by atoms with E-state index < -0.39 is 8.07 Å². The molecule has 0 nitrogen and oxygen atoms in total. The van der Waals surface area contributed by atoms with Crippen molar-refractivity contribution in [3.63, 3.8) is 0 Å². The second-order valence-electron chi connectivity index (χ2n) is 4.74. The molecule has 0 spiro atoms. The van der Waals surface area contributed by atoms with E-state index in [0.29, 0.717) is 5.54 Å². The van der Waals surface area contributed by atoms with Crippen LogP contribution < -0.4 is 0 Å². The van der Waals surface area contributed by atoms with Crippen molar-refractivity contribution < 1.29 is 21.7 Å². The molecule has 1 aliphatic rings. The van der Waals surface area contributed by atoms with Crippen molar-refractivity contribution in [3.8, 4) is 0 Å². The van der Waals surface area contributed by atoms with Gasteiger partial charge < -0.3 is 0 Å². The molecule has 0 bridgehead atoms. The fourth-order valence-corrected chi connectivity index (χ4v) is 3.66. The third kappa shape index (κ3) is 2.10. The van der Waals surface area contributed by atoms with Crippen molar-refractivity contribution in [2.45, 2.75) is 25.2 Å². The maximum atomic E-state index is 3.50. The van der Waals surface area contributed by atoms with E-state index >= 15 is 0 Å². The molecule has 1 atom stereocenters. The van der Waals surface area contributed by atoms with Crippen LogP contribution in [-0.2, 0) is 21.7 Å². The van der Waals surface area contributed by atoms with Gasteiger partial charge in [0.1, 0.15) is 0 Å². The zero-order valence-corrected chi connectivity index (χ0v) is 11.5. The van der Waals surface area contributed by atoms with E-state index in [-0.39, 0.29) is 21.7 Å². The van der Waals surface area contributed by atoms with Gasteiger partial charge in [-0.1, -0.05) is 43.4 Å². The van der Waals surface area contributed by atoms with E-state index in [1.807, 2.05) is 0 Å². The monoisotopic (exact) mass is 235 g/mol.